The van der Waals surface area contributed by atoms with Crippen molar-refractivity contribution in [2.24, 2.45) is 11.8 Å². The normalized spacial score (nSPS) is 27.4. The minimum absolute atomic E-state index is 0.0498. The molecule has 3 atom stereocenters. The number of fused-ring (bicyclic) bond motifs is 1. The molecule has 45 heavy (non-hydrogen) atoms. The van der Waals surface area contributed by atoms with Gasteiger partial charge < -0.3 is 26.0 Å². The Balaban J connectivity index is 1.20. The lowest BCUT2D eigenvalue weighted by Gasteiger charge is -2.53. The highest BCUT2D eigenvalue weighted by molar-refractivity contribution is 6.04. The summed E-state index contributed by atoms with van der Waals surface area (Å²) < 4.78 is 37.4. The molecule has 0 bridgehead atoms. The van der Waals surface area contributed by atoms with E-state index in [4.69, 9.17) is 10.5 Å². The number of nitrogens with one attached hydrogen (secondary N) is 2. The molecule has 0 aromatic carbocycles. The van der Waals surface area contributed by atoms with Gasteiger partial charge in [-0.15, -0.1) is 5.10 Å². The second-order valence-corrected chi connectivity index (χ2v) is 13.7. The zero-order valence-electron chi connectivity index (χ0n) is 26.4. The van der Waals surface area contributed by atoms with Crippen molar-refractivity contribution in [2.45, 2.75) is 94.4 Å². The molecule has 3 saturated heterocycles. The molecular formula is C32H48F2N8O3. The van der Waals surface area contributed by atoms with Gasteiger partial charge in [-0.25, -0.2) is 18.3 Å². The average Bonchev–Trinajstić information content (AvgIpc) is 3.34. The summed E-state index contributed by atoms with van der Waals surface area (Å²) in [6.07, 6.45) is 11.5. The summed E-state index contributed by atoms with van der Waals surface area (Å²) >= 11 is 0. The van der Waals surface area contributed by atoms with Crippen LogP contribution in [0, 0.1) is 17.7 Å². The number of nitrogens with two attached hydrogens (primary N) is 1. The molecule has 4 aliphatic rings. The molecule has 6 rings (SSSR count). The number of nitrogen functional groups attached to an aromatic ring is 1. The van der Waals surface area contributed by atoms with Crippen molar-refractivity contribution in [3.63, 3.8) is 0 Å². The molecule has 2 amide bonds. The van der Waals surface area contributed by atoms with E-state index in [-0.39, 0.29) is 28.9 Å². The lowest BCUT2D eigenvalue weighted by Crippen LogP contribution is -2.73. The van der Waals surface area contributed by atoms with E-state index in [0.29, 0.717) is 45.0 Å². The first-order valence-electron chi connectivity index (χ1n) is 16.8. The van der Waals surface area contributed by atoms with Crippen LogP contribution in [0.1, 0.15) is 81.0 Å². The Bertz CT molecular complexity index is 1330. The number of anilines is 1. The van der Waals surface area contributed by atoms with Crippen LogP contribution in [0.2, 0.25) is 0 Å². The number of methoxy groups -OCH3 is 1. The smallest absolute Gasteiger partial charge is 0.259 e. The fraction of sp³-hybridized carbons (Fsp3) is 0.750. The maximum absolute atomic E-state index is 17.3. The van der Waals surface area contributed by atoms with Crippen LogP contribution in [0.25, 0.3) is 5.65 Å². The summed E-state index contributed by atoms with van der Waals surface area (Å²) in [7, 11) is 1.68. The van der Waals surface area contributed by atoms with E-state index in [0.717, 1.165) is 68.5 Å². The zero-order valence-corrected chi connectivity index (χ0v) is 26.4. The Hall–Kier alpha value is -2.90. The van der Waals surface area contributed by atoms with E-state index < -0.39 is 35.5 Å². The van der Waals surface area contributed by atoms with Gasteiger partial charge in [0.05, 0.1) is 36.6 Å². The van der Waals surface area contributed by atoms with Crippen molar-refractivity contribution < 1.29 is 23.1 Å². The van der Waals surface area contributed by atoms with Gasteiger partial charge in [0.15, 0.2) is 17.3 Å². The molecule has 13 heteroatoms. The van der Waals surface area contributed by atoms with E-state index >= 15 is 4.39 Å². The van der Waals surface area contributed by atoms with Crippen molar-refractivity contribution in [1.82, 2.24) is 35.0 Å². The first kappa shape index (κ1) is 32.1. The number of amides is 2. The molecule has 1 spiro atoms. The number of hydrogen-bond donors (Lipinski definition) is 3. The topological polar surface area (TPSA) is 130 Å². The number of aromatic nitrogens is 3. The summed E-state index contributed by atoms with van der Waals surface area (Å²) in [4.78, 5) is 35.1. The Morgan fingerprint density at radius 2 is 1.78 bits per heavy atom. The lowest BCUT2D eigenvalue weighted by atomic mass is 9.73. The highest BCUT2D eigenvalue weighted by Gasteiger charge is 2.52. The molecule has 4 N–H and O–H groups in total. The quantitative estimate of drug-likeness (QED) is 0.445. The van der Waals surface area contributed by atoms with Crippen LogP contribution in [-0.4, -0.2) is 106 Å². The van der Waals surface area contributed by atoms with Crippen molar-refractivity contribution in [3.8, 4) is 0 Å². The first-order valence-corrected chi connectivity index (χ1v) is 16.8. The number of carbonyl (C=O) groups is 2. The summed E-state index contributed by atoms with van der Waals surface area (Å²) in [6.45, 7) is 3.71. The fourth-order valence-corrected chi connectivity index (χ4v) is 8.16. The molecule has 11 nitrogen and oxygen atoms in total. The maximum Gasteiger partial charge on any atom is 0.259 e. The van der Waals surface area contributed by atoms with Gasteiger partial charge in [0.2, 0.25) is 5.91 Å². The highest BCUT2D eigenvalue weighted by Crippen LogP contribution is 2.38. The number of likely N-dealkylation sites (tertiary alicyclic amines) is 2. The van der Waals surface area contributed by atoms with Crippen LogP contribution in [0.3, 0.4) is 0 Å². The number of hydrogen-bond acceptors (Lipinski definition) is 8. The third kappa shape index (κ3) is 6.66. The van der Waals surface area contributed by atoms with E-state index in [1.54, 1.807) is 7.11 Å². The van der Waals surface area contributed by atoms with Gasteiger partial charge in [-0.1, -0.05) is 44.9 Å². The molecule has 4 fully saturated rings. The molecule has 2 aromatic rings. The summed E-state index contributed by atoms with van der Waals surface area (Å²) in [6, 6.07) is -1.13. The van der Waals surface area contributed by atoms with Gasteiger partial charge in [-0.05, 0) is 38.8 Å². The van der Waals surface area contributed by atoms with E-state index in [2.05, 4.69) is 25.6 Å². The number of ether oxygens (including phenoxy) is 1. The van der Waals surface area contributed by atoms with Crippen LogP contribution >= 0.6 is 0 Å². The molecule has 1 aliphatic carbocycles. The highest BCUT2D eigenvalue weighted by atomic mass is 19.1. The Morgan fingerprint density at radius 3 is 2.44 bits per heavy atom. The fourth-order valence-electron chi connectivity index (χ4n) is 8.16. The molecule has 3 unspecified atom stereocenters. The minimum atomic E-state index is -1.22. The van der Waals surface area contributed by atoms with Crippen molar-refractivity contribution in [1.29, 1.82) is 0 Å². The van der Waals surface area contributed by atoms with Crippen molar-refractivity contribution in [2.75, 3.05) is 52.2 Å². The number of nitrogens with zero attached hydrogens (tertiary/aromatic N) is 5. The van der Waals surface area contributed by atoms with Crippen LogP contribution in [-0.2, 0) is 9.53 Å². The first-order chi connectivity index (χ1) is 21.8. The standard InChI is InChI=1S/C32H48F2N8O3/c1-45-20-21-17-41(18-21)31(44)22-9-13-40(14-10-22)26-24(16-37-32(27(26)34)11-7-5-3-2-4-6-8-12-32)38-30(43)25-28(35)39-42-19-23(33)15-36-29(25)42/h15,19,21-22,24,26-27,37H,2-14,16-18,20H2,1H3,(H2,35,39)(H,38,43). The number of halogens is 2. The van der Waals surface area contributed by atoms with Gasteiger partial charge in [-0.3, -0.25) is 14.5 Å². The average molecular weight is 631 g/mol. The minimum Gasteiger partial charge on any atom is -0.384 e. The Morgan fingerprint density at radius 1 is 1.11 bits per heavy atom. The van der Waals surface area contributed by atoms with Gasteiger partial charge in [0.25, 0.3) is 5.91 Å². The predicted octanol–water partition coefficient (Wildman–Crippen LogP) is 2.94. The summed E-state index contributed by atoms with van der Waals surface area (Å²) in [5, 5.41) is 10.7. The van der Waals surface area contributed by atoms with Crippen LogP contribution in [0.4, 0.5) is 14.6 Å². The second-order valence-electron chi connectivity index (χ2n) is 13.7. The van der Waals surface area contributed by atoms with Gasteiger partial charge in [-0.2, -0.15) is 0 Å². The van der Waals surface area contributed by atoms with E-state index in [1.165, 1.54) is 19.3 Å². The Kier molecular flexibility index (Phi) is 9.86. The molecule has 0 radical (unpaired) electrons. The third-order valence-corrected chi connectivity index (χ3v) is 10.6. The molecule has 1 saturated carbocycles. The van der Waals surface area contributed by atoms with Crippen LogP contribution < -0.4 is 16.4 Å². The number of alkyl halides is 1. The van der Waals surface area contributed by atoms with Gasteiger partial charge in [0, 0.05) is 38.6 Å². The van der Waals surface area contributed by atoms with Gasteiger partial charge in [0.1, 0.15) is 11.7 Å². The zero-order chi connectivity index (χ0) is 31.6. The van der Waals surface area contributed by atoms with Gasteiger partial charge >= 0.3 is 0 Å². The lowest BCUT2D eigenvalue weighted by molar-refractivity contribution is -0.145. The number of piperidine rings is 2. The molecule has 3 aliphatic heterocycles. The third-order valence-electron chi connectivity index (χ3n) is 10.6. The predicted molar refractivity (Wildman–Crippen MR) is 166 cm³/mol. The summed E-state index contributed by atoms with van der Waals surface area (Å²) in [5.41, 5.74) is 5.63. The SMILES string of the molecule is COCC1CN(C(=O)C2CCN(C3C(NC(=O)c4c(N)nn5cc(F)cnc45)CNC4(CCCCCCCCC4)C3F)CC2)C1. The molecule has 5 heterocycles. The maximum atomic E-state index is 17.3. The van der Waals surface area contributed by atoms with E-state index in [1.807, 2.05) is 4.90 Å². The van der Waals surface area contributed by atoms with E-state index in [9.17, 15) is 14.0 Å². The largest absolute Gasteiger partial charge is 0.384 e. The van der Waals surface area contributed by atoms with Crippen molar-refractivity contribution >= 4 is 23.3 Å². The molecule has 248 valence electrons. The molecule has 2 aromatic heterocycles. The van der Waals surface area contributed by atoms with Crippen LogP contribution in [0.5, 0.6) is 0 Å². The number of rotatable bonds is 6. The monoisotopic (exact) mass is 630 g/mol. The van der Waals surface area contributed by atoms with Crippen molar-refractivity contribution in [3.05, 3.63) is 23.8 Å². The summed E-state index contributed by atoms with van der Waals surface area (Å²) in [5.74, 6) is -0.674. The number of carbonyl (C=O) groups excluding carboxylic acids is 2. The van der Waals surface area contributed by atoms with Crippen LogP contribution in [0.15, 0.2) is 12.4 Å². The second kappa shape index (κ2) is 13.8. The molecular weight excluding hydrogens is 582 g/mol. The Labute approximate surface area is 263 Å².